The molecule has 4 heteroatoms. The van der Waals surface area contributed by atoms with Gasteiger partial charge < -0.3 is 5.73 Å². The molecular weight excluding hydrogens is 254 g/mol. The van der Waals surface area contributed by atoms with Gasteiger partial charge in [0.2, 0.25) is 0 Å². The third-order valence-corrected chi connectivity index (χ3v) is 4.07. The SMILES string of the molecule is CC(C)(C)Cc1nc2c(N)nc3ccccc3c2s1. The van der Waals surface area contributed by atoms with Crippen LogP contribution >= 0.6 is 11.3 Å². The zero-order chi connectivity index (χ0) is 13.6. The van der Waals surface area contributed by atoms with Gasteiger partial charge in [-0.15, -0.1) is 11.3 Å². The molecule has 3 aromatic rings. The third kappa shape index (κ3) is 2.28. The maximum Gasteiger partial charge on any atom is 0.151 e. The maximum atomic E-state index is 6.03. The molecule has 0 aliphatic rings. The summed E-state index contributed by atoms with van der Waals surface area (Å²) in [5.41, 5.74) is 8.05. The number of fused-ring (bicyclic) bond motifs is 3. The van der Waals surface area contributed by atoms with E-state index in [9.17, 15) is 0 Å². The molecule has 0 saturated carbocycles. The molecule has 0 aliphatic carbocycles. The van der Waals surface area contributed by atoms with Crippen LogP contribution in [0.1, 0.15) is 25.8 Å². The summed E-state index contributed by atoms with van der Waals surface area (Å²) in [6, 6.07) is 8.10. The monoisotopic (exact) mass is 271 g/mol. The number of hydrogen-bond acceptors (Lipinski definition) is 4. The fourth-order valence-corrected chi connectivity index (χ4v) is 3.60. The normalized spacial score (nSPS) is 12.4. The van der Waals surface area contributed by atoms with E-state index in [2.05, 4.69) is 36.8 Å². The molecule has 2 heterocycles. The summed E-state index contributed by atoms with van der Waals surface area (Å²) in [4.78, 5) is 9.11. The summed E-state index contributed by atoms with van der Waals surface area (Å²) in [6.45, 7) is 6.66. The van der Waals surface area contributed by atoms with E-state index in [1.165, 1.54) is 0 Å². The van der Waals surface area contributed by atoms with Gasteiger partial charge in [0.05, 0.1) is 15.2 Å². The minimum absolute atomic E-state index is 0.228. The van der Waals surface area contributed by atoms with Gasteiger partial charge in [0.1, 0.15) is 5.52 Å². The second-order valence-electron chi connectivity index (χ2n) is 6.04. The van der Waals surface area contributed by atoms with Gasteiger partial charge in [0, 0.05) is 11.8 Å². The molecule has 0 aliphatic heterocycles. The molecule has 1 aromatic carbocycles. The van der Waals surface area contributed by atoms with Crippen LogP contribution in [0.4, 0.5) is 5.82 Å². The molecule has 2 N–H and O–H groups in total. The van der Waals surface area contributed by atoms with Crippen molar-refractivity contribution in [3.8, 4) is 0 Å². The first-order valence-corrected chi connectivity index (χ1v) is 7.19. The smallest absolute Gasteiger partial charge is 0.151 e. The van der Waals surface area contributed by atoms with Crippen molar-refractivity contribution in [1.29, 1.82) is 0 Å². The largest absolute Gasteiger partial charge is 0.382 e. The van der Waals surface area contributed by atoms with Crippen LogP contribution in [0.15, 0.2) is 24.3 Å². The summed E-state index contributed by atoms with van der Waals surface area (Å²) in [6.07, 6.45) is 0.958. The fourth-order valence-electron chi connectivity index (χ4n) is 2.20. The Morgan fingerprint density at radius 2 is 1.89 bits per heavy atom. The molecule has 3 nitrogen and oxygen atoms in total. The number of anilines is 1. The first kappa shape index (κ1) is 12.4. The second kappa shape index (κ2) is 4.17. The van der Waals surface area contributed by atoms with Gasteiger partial charge in [-0.3, -0.25) is 0 Å². The van der Waals surface area contributed by atoms with Gasteiger partial charge in [0.15, 0.2) is 5.82 Å². The molecule has 0 radical (unpaired) electrons. The molecule has 0 spiro atoms. The molecule has 0 amide bonds. The van der Waals surface area contributed by atoms with Gasteiger partial charge in [-0.2, -0.15) is 0 Å². The Hall–Kier alpha value is -1.68. The Morgan fingerprint density at radius 3 is 2.63 bits per heavy atom. The second-order valence-corrected chi connectivity index (χ2v) is 7.12. The first-order valence-electron chi connectivity index (χ1n) is 6.38. The average Bonchev–Trinajstić information content (AvgIpc) is 2.71. The van der Waals surface area contributed by atoms with E-state index in [1.807, 2.05) is 18.2 Å². The van der Waals surface area contributed by atoms with Crippen molar-refractivity contribution in [2.45, 2.75) is 27.2 Å². The number of pyridine rings is 1. The first-order chi connectivity index (χ1) is 8.94. The van der Waals surface area contributed by atoms with Crippen LogP contribution in [0, 0.1) is 5.41 Å². The van der Waals surface area contributed by atoms with Crippen LogP contribution in [-0.2, 0) is 6.42 Å². The van der Waals surface area contributed by atoms with E-state index in [4.69, 9.17) is 5.73 Å². The molecule has 19 heavy (non-hydrogen) atoms. The van der Waals surface area contributed by atoms with Crippen LogP contribution in [-0.4, -0.2) is 9.97 Å². The van der Waals surface area contributed by atoms with Crippen LogP contribution in [0.25, 0.3) is 21.1 Å². The molecule has 0 saturated heterocycles. The standard InChI is InChI=1S/C15H17N3S/c1-15(2,3)8-11-18-12-13(19-11)9-6-4-5-7-10(9)17-14(12)16/h4-7H,8H2,1-3H3,(H2,16,17). The van der Waals surface area contributed by atoms with Crippen LogP contribution in [0.2, 0.25) is 0 Å². The number of nitrogen functional groups attached to an aromatic ring is 1. The summed E-state index contributed by atoms with van der Waals surface area (Å²) < 4.78 is 1.15. The van der Waals surface area contributed by atoms with E-state index in [0.29, 0.717) is 5.82 Å². The molecule has 2 aromatic heterocycles. The minimum atomic E-state index is 0.228. The zero-order valence-electron chi connectivity index (χ0n) is 11.4. The Balaban J connectivity index is 2.26. The van der Waals surface area contributed by atoms with Gasteiger partial charge >= 0.3 is 0 Å². The van der Waals surface area contributed by atoms with Gasteiger partial charge in [-0.05, 0) is 11.5 Å². The van der Waals surface area contributed by atoms with E-state index in [0.717, 1.165) is 32.5 Å². The molecule has 0 bridgehead atoms. The number of benzene rings is 1. The summed E-state index contributed by atoms with van der Waals surface area (Å²) in [5.74, 6) is 0.533. The van der Waals surface area contributed by atoms with Crippen LogP contribution in [0.3, 0.4) is 0 Å². The lowest BCUT2D eigenvalue weighted by Gasteiger charge is -2.15. The molecule has 0 atom stereocenters. The number of aromatic nitrogens is 2. The van der Waals surface area contributed by atoms with Gasteiger partial charge in [0.25, 0.3) is 0 Å². The molecule has 3 rings (SSSR count). The van der Waals surface area contributed by atoms with Crippen molar-refractivity contribution >= 4 is 38.3 Å². The average molecular weight is 271 g/mol. The number of hydrogen-bond donors (Lipinski definition) is 1. The van der Waals surface area contributed by atoms with E-state index >= 15 is 0 Å². The lowest BCUT2D eigenvalue weighted by Crippen LogP contribution is -2.08. The zero-order valence-corrected chi connectivity index (χ0v) is 12.2. The van der Waals surface area contributed by atoms with E-state index in [-0.39, 0.29) is 5.41 Å². The van der Waals surface area contributed by atoms with Crippen molar-refractivity contribution in [2.75, 3.05) is 5.73 Å². The number of para-hydroxylation sites is 1. The van der Waals surface area contributed by atoms with Crippen molar-refractivity contribution in [1.82, 2.24) is 9.97 Å². The maximum absolute atomic E-state index is 6.03. The molecule has 0 fully saturated rings. The Labute approximate surface area is 116 Å². The van der Waals surface area contributed by atoms with Crippen molar-refractivity contribution < 1.29 is 0 Å². The minimum Gasteiger partial charge on any atom is -0.382 e. The molecule has 98 valence electrons. The lowest BCUT2D eigenvalue weighted by molar-refractivity contribution is 0.411. The summed E-state index contributed by atoms with van der Waals surface area (Å²) in [7, 11) is 0. The van der Waals surface area contributed by atoms with Gasteiger partial charge in [-0.25, -0.2) is 9.97 Å². The number of rotatable bonds is 1. The highest BCUT2D eigenvalue weighted by molar-refractivity contribution is 7.19. The number of nitrogens with two attached hydrogens (primary N) is 1. The van der Waals surface area contributed by atoms with Crippen LogP contribution in [0.5, 0.6) is 0 Å². The fraction of sp³-hybridized carbons (Fsp3) is 0.333. The Kier molecular flexibility index (Phi) is 2.71. The topological polar surface area (TPSA) is 51.8 Å². The predicted octanol–water partition coefficient (Wildman–Crippen LogP) is 4.02. The Bertz CT molecular complexity index is 753. The molecular formula is C15H17N3S. The summed E-state index contributed by atoms with van der Waals surface area (Å²) >= 11 is 1.74. The van der Waals surface area contributed by atoms with Crippen molar-refractivity contribution in [2.24, 2.45) is 5.41 Å². The van der Waals surface area contributed by atoms with Crippen LogP contribution < -0.4 is 5.73 Å². The van der Waals surface area contributed by atoms with Gasteiger partial charge in [-0.1, -0.05) is 39.0 Å². The third-order valence-electron chi connectivity index (χ3n) is 2.99. The highest BCUT2D eigenvalue weighted by atomic mass is 32.1. The number of nitrogens with zero attached hydrogens (tertiary/aromatic N) is 2. The van der Waals surface area contributed by atoms with Crippen molar-refractivity contribution in [3.63, 3.8) is 0 Å². The highest BCUT2D eigenvalue weighted by Gasteiger charge is 2.17. The van der Waals surface area contributed by atoms with Crippen molar-refractivity contribution in [3.05, 3.63) is 29.3 Å². The highest BCUT2D eigenvalue weighted by Crippen LogP contribution is 2.34. The lowest BCUT2D eigenvalue weighted by atomic mass is 9.93. The van der Waals surface area contributed by atoms with E-state index in [1.54, 1.807) is 11.3 Å². The number of thiazole rings is 1. The predicted molar refractivity (Wildman–Crippen MR) is 82.5 cm³/mol. The van der Waals surface area contributed by atoms with E-state index < -0.39 is 0 Å². The Morgan fingerprint density at radius 1 is 1.16 bits per heavy atom. The summed E-state index contributed by atoms with van der Waals surface area (Å²) in [5, 5.41) is 2.27. The molecule has 0 unspecified atom stereocenters. The quantitative estimate of drug-likeness (QED) is 0.727.